The predicted molar refractivity (Wildman–Crippen MR) is 54.4 cm³/mol. The quantitative estimate of drug-likeness (QED) is 0.643. The van der Waals surface area contributed by atoms with E-state index in [1.807, 2.05) is 18.7 Å². The molecule has 0 spiro atoms. The minimum Gasteiger partial charge on any atom is -0.342 e. The zero-order valence-corrected chi connectivity index (χ0v) is 9.26. The second-order valence-electron chi connectivity index (χ2n) is 4.88. The third-order valence-corrected chi connectivity index (χ3v) is 3.17. The van der Waals surface area contributed by atoms with Gasteiger partial charge in [0.1, 0.15) is 0 Å². The highest BCUT2D eigenvalue weighted by Crippen LogP contribution is 2.26. The van der Waals surface area contributed by atoms with Gasteiger partial charge in [0.25, 0.3) is 0 Å². The van der Waals surface area contributed by atoms with Crippen LogP contribution < -0.4 is 0 Å². The van der Waals surface area contributed by atoms with Gasteiger partial charge in [0.05, 0.1) is 0 Å². The molecule has 76 valence electrons. The van der Waals surface area contributed by atoms with Gasteiger partial charge >= 0.3 is 0 Å². The normalized spacial score (nSPS) is 23.7. The number of amides is 1. The number of carbonyl (C=O) groups is 1. The maximum absolute atomic E-state index is 12.0. The number of hydrogen-bond donors (Lipinski definition) is 0. The lowest BCUT2D eigenvalue weighted by Gasteiger charge is -2.28. The average molecular weight is 183 g/mol. The van der Waals surface area contributed by atoms with Crippen molar-refractivity contribution in [2.45, 2.75) is 40.5 Å². The topological polar surface area (TPSA) is 20.3 Å². The van der Waals surface area contributed by atoms with Crippen molar-refractivity contribution in [1.82, 2.24) is 4.90 Å². The highest BCUT2D eigenvalue weighted by Gasteiger charge is 2.33. The van der Waals surface area contributed by atoms with Gasteiger partial charge in [-0.2, -0.15) is 0 Å². The van der Waals surface area contributed by atoms with Crippen LogP contribution in [0, 0.1) is 11.3 Å². The van der Waals surface area contributed by atoms with E-state index in [1.54, 1.807) is 0 Å². The number of likely N-dealkylation sites (tertiary alicyclic amines) is 1. The molecular formula is C11H21NO. The summed E-state index contributed by atoms with van der Waals surface area (Å²) >= 11 is 0. The standard InChI is InChI=1S/C11H21NO/c1-5-11(3,4)10(13)12-7-6-9(2)8-12/h9H,5-8H2,1-4H3. The SMILES string of the molecule is CCC(C)(C)C(=O)N1CCC(C)C1. The summed E-state index contributed by atoms with van der Waals surface area (Å²) < 4.78 is 0. The van der Waals surface area contributed by atoms with Crippen molar-refractivity contribution in [2.75, 3.05) is 13.1 Å². The van der Waals surface area contributed by atoms with Crippen molar-refractivity contribution in [3.63, 3.8) is 0 Å². The summed E-state index contributed by atoms with van der Waals surface area (Å²) in [5, 5.41) is 0. The summed E-state index contributed by atoms with van der Waals surface area (Å²) in [7, 11) is 0. The van der Waals surface area contributed by atoms with Gasteiger partial charge in [-0.25, -0.2) is 0 Å². The van der Waals surface area contributed by atoms with E-state index in [-0.39, 0.29) is 5.41 Å². The zero-order valence-electron chi connectivity index (χ0n) is 9.26. The van der Waals surface area contributed by atoms with Crippen molar-refractivity contribution in [2.24, 2.45) is 11.3 Å². The summed E-state index contributed by atoms with van der Waals surface area (Å²) in [5.41, 5.74) is -0.163. The molecule has 1 saturated heterocycles. The maximum atomic E-state index is 12.0. The highest BCUT2D eigenvalue weighted by molar-refractivity contribution is 5.82. The summed E-state index contributed by atoms with van der Waals surface area (Å²) in [6.07, 6.45) is 2.10. The lowest BCUT2D eigenvalue weighted by molar-refractivity contribution is -0.139. The van der Waals surface area contributed by atoms with E-state index < -0.39 is 0 Å². The third kappa shape index (κ3) is 2.23. The first kappa shape index (κ1) is 10.6. The molecule has 1 aliphatic heterocycles. The largest absolute Gasteiger partial charge is 0.342 e. The van der Waals surface area contributed by atoms with Crippen LogP contribution in [0.2, 0.25) is 0 Å². The minimum atomic E-state index is -0.163. The van der Waals surface area contributed by atoms with E-state index in [4.69, 9.17) is 0 Å². The first-order valence-corrected chi connectivity index (χ1v) is 5.26. The molecule has 0 N–H and O–H groups in total. The van der Waals surface area contributed by atoms with Crippen molar-refractivity contribution >= 4 is 5.91 Å². The molecule has 1 atom stereocenters. The van der Waals surface area contributed by atoms with E-state index >= 15 is 0 Å². The fourth-order valence-corrected chi connectivity index (χ4v) is 1.70. The summed E-state index contributed by atoms with van der Waals surface area (Å²) in [6.45, 7) is 10.3. The van der Waals surface area contributed by atoms with Crippen LogP contribution in [0.5, 0.6) is 0 Å². The lowest BCUT2D eigenvalue weighted by Crippen LogP contribution is -2.39. The average Bonchev–Trinajstić information content (AvgIpc) is 2.50. The van der Waals surface area contributed by atoms with Crippen molar-refractivity contribution in [3.8, 4) is 0 Å². The van der Waals surface area contributed by atoms with Gasteiger partial charge in [-0.05, 0) is 18.8 Å². The van der Waals surface area contributed by atoms with Crippen LogP contribution in [0.1, 0.15) is 40.5 Å². The molecule has 1 rings (SSSR count). The Bertz CT molecular complexity index is 198. The fraction of sp³-hybridized carbons (Fsp3) is 0.909. The molecule has 1 amide bonds. The summed E-state index contributed by atoms with van der Waals surface area (Å²) in [6, 6.07) is 0. The zero-order chi connectivity index (χ0) is 10.1. The van der Waals surface area contributed by atoms with Crippen LogP contribution in [-0.2, 0) is 4.79 Å². The Balaban J connectivity index is 2.58. The Morgan fingerprint density at radius 3 is 2.54 bits per heavy atom. The van der Waals surface area contributed by atoms with E-state index in [0.717, 1.165) is 19.5 Å². The van der Waals surface area contributed by atoms with Crippen LogP contribution in [0.4, 0.5) is 0 Å². The van der Waals surface area contributed by atoms with Crippen LogP contribution in [0.25, 0.3) is 0 Å². The molecule has 0 bridgehead atoms. The van der Waals surface area contributed by atoms with Crippen LogP contribution in [0.3, 0.4) is 0 Å². The van der Waals surface area contributed by atoms with Crippen molar-refractivity contribution < 1.29 is 4.79 Å². The van der Waals surface area contributed by atoms with Crippen LogP contribution >= 0.6 is 0 Å². The van der Waals surface area contributed by atoms with Gasteiger partial charge in [0, 0.05) is 18.5 Å². The van der Waals surface area contributed by atoms with Crippen LogP contribution in [-0.4, -0.2) is 23.9 Å². The highest BCUT2D eigenvalue weighted by atomic mass is 16.2. The molecular weight excluding hydrogens is 162 g/mol. The van der Waals surface area contributed by atoms with Crippen LogP contribution in [0.15, 0.2) is 0 Å². The van der Waals surface area contributed by atoms with E-state index in [0.29, 0.717) is 11.8 Å². The van der Waals surface area contributed by atoms with Gasteiger partial charge in [0.2, 0.25) is 5.91 Å². The Morgan fingerprint density at radius 1 is 1.54 bits per heavy atom. The molecule has 13 heavy (non-hydrogen) atoms. The molecule has 2 nitrogen and oxygen atoms in total. The predicted octanol–water partition coefficient (Wildman–Crippen LogP) is 2.29. The molecule has 0 aromatic rings. The molecule has 0 aliphatic carbocycles. The molecule has 0 saturated carbocycles. The minimum absolute atomic E-state index is 0.163. The first-order valence-electron chi connectivity index (χ1n) is 5.26. The molecule has 1 unspecified atom stereocenters. The number of carbonyl (C=O) groups excluding carboxylic acids is 1. The smallest absolute Gasteiger partial charge is 0.228 e. The van der Waals surface area contributed by atoms with Gasteiger partial charge in [-0.1, -0.05) is 27.7 Å². The molecule has 0 aromatic heterocycles. The number of hydrogen-bond acceptors (Lipinski definition) is 1. The van der Waals surface area contributed by atoms with E-state index in [1.165, 1.54) is 6.42 Å². The summed E-state index contributed by atoms with van der Waals surface area (Å²) in [5.74, 6) is 1.02. The van der Waals surface area contributed by atoms with Crippen molar-refractivity contribution in [1.29, 1.82) is 0 Å². The second kappa shape index (κ2) is 3.69. The fourth-order valence-electron chi connectivity index (χ4n) is 1.70. The second-order valence-corrected chi connectivity index (χ2v) is 4.88. The lowest BCUT2D eigenvalue weighted by atomic mass is 9.88. The molecule has 2 heteroatoms. The van der Waals surface area contributed by atoms with Gasteiger partial charge in [-0.15, -0.1) is 0 Å². The Labute approximate surface area is 81.3 Å². The van der Waals surface area contributed by atoms with Gasteiger partial charge in [0.15, 0.2) is 0 Å². The Morgan fingerprint density at radius 2 is 2.15 bits per heavy atom. The molecule has 1 heterocycles. The molecule has 1 aliphatic rings. The monoisotopic (exact) mass is 183 g/mol. The first-order chi connectivity index (χ1) is 5.97. The Kier molecular flexibility index (Phi) is 2.99. The summed E-state index contributed by atoms with van der Waals surface area (Å²) in [4.78, 5) is 14.0. The molecule has 0 aromatic carbocycles. The van der Waals surface area contributed by atoms with E-state index in [9.17, 15) is 4.79 Å². The van der Waals surface area contributed by atoms with Crippen molar-refractivity contribution in [3.05, 3.63) is 0 Å². The molecule has 1 fully saturated rings. The van der Waals surface area contributed by atoms with Gasteiger partial charge < -0.3 is 4.90 Å². The third-order valence-electron chi connectivity index (χ3n) is 3.17. The van der Waals surface area contributed by atoms with E-state index in [2.05, 4.69) is 13.8 Å². The maximum Gasteiger partial charge on any atom is 0.228 e. The van der Waals surface area contributed by atoms with Gasteiger partial charge in [-0.3, -0.25) is 4.79 Å². The Hall–Kier alpha value is -0.530. The number of rotatable bonds is 2. The molecule has 0 radical (unpaired) electrons. The number of nitrogens with zero attached hydrogens (tertiary/aromatic N) is 1.